The monoisotopic (exact) mass is 249 g/mol. The third-order valence-corrected chi connectivity index (χ3v) is 2.86. The van der Waals surface area contributed by atoms with Crippen molar-refractivity contribution < 1.29 is 4.79 Å². The Labute approximate surface area is 107 Å². The van der Waals surface area contributed by atoms with Gasteiger partial charge in [0.2, 0.25) is 5.91 Å². The molecule has 2 N–H and O–H groups in total. The van der Waals surface area contributed by atoms with Crippen molar-refractivity contribution in [3.8, 4) is 0 Å². The van der Waals surface area contributed by atoms with E-state index in [-0.39, 0.29) is 11.8 Å². The summed E-state index contributed by atoms with van der Waals surface area (Å²) in [7, 11) is 1.83. The third-order valence-electron chi connectivity index (χ3n) is 2.86. The molecule has 1 aliphatic rings. The average Bonchev–Trinajstić information content (AvgIpc) is 2.38. The molecule has 0 atom stereocenters. The SMILES string of the molecule is CNc1cc(N2CCNC(=O)C2)nc(C(C)C)n1. The number of carbonyl (C=O) groups is 1. The Morgan fingerprint density at radius 2 is 2.22 bits per heavy atom. The van der Waals surface area contributed by atoms with Crippen LogP contribution in [-0.4, -0.2) is 42.6 Å². The standard InChI is InChI=1S/C12H19N5O/c1-8(2)12-15-9(13-3)6-10(16-12)17-5-4-14-11(18)7-17/h6,8H,4-5,7H2,1-3H3,(H,14,18)(H,13,15,16). The zero-order valence-electron chi connectivity index (χ0n) is 11.0. The topological polar surface area (TPSA) is 70.2 Å². The number of anilines is 2. The molecular formula is C12H19N5O. The van der Waals surface area contributed by atoms with Crippen LogP contribution in [0, 0.1) is 0 Å². The van der Waals surface area contributed by atoms with Crippen LogP contribution >= 0.6 is 0 Å². The first-order valence-corrected chi connectivity index (χ1v) is 6.18. The Balaban J connectivity index is 2.30. The number of aromatic nitrogens is 2. The normalized spacial score (nSPS) is 15.8. The predicted octanol–water partition coefficient (Wildman–Crippen LogP) is 0.578. The summed E-state index contributed by atoms with van der Waals surface area (Å²) < 4.78 is 0. The highest BCUT2D eigenvalue weighted by Crippen LogP contribution is 2.20. The van der Waals surface area contributed by atoms with Crippen molar-refractivity contribution in [2.24, 2.45) is 0 Å². The zero-order chi connectivity index (χ0) is 13.1. The minimum absolute atomic E-state index is 0.0389. The largest absolute Gasteiger partial charge is 0.373 e. The van der Waals surface area contributed by atoms with Crippen molar-refractivity contribution in [3.05, 3.63) is 11.9 Å². The molecule has 2 heterocycles. The highest BCUT2D eigenvalue weighted by atomic mass is 16.2. The van der Waals surface area contributed by atoms with Gasteiger partial charge >= 0.3 is 0 Å². The molecule has 1 saturated heterocycles. The van der Waals surface area contributed by atoms with Gasteiger partial charge in [-0.1, -0.05) is 13.8 Å². The van der Waals surface area contributed by atoms with Crippen molar-refractivity contribution in [2.75, 3.05) is 36.9 Å². The lowest BCUT2D eigenvalue weighted by Crippen LogP contribution is -2.48. The van der Waals surface area contributed by atoms with Gasteiger partial charge in [0.05, 0.1) is 6.54 Å². The first-order chi connectivity index (χ1) is 8.60. The number of carbonyl (C=O) groups excluding carboxylic acids is 1. The smallest absolute Gasteiger partial charge is 0.239 e. The van der Waals surface area contributed by atoms with Crippen LogP contribution < -0.4 is 15.5 Å². The molecule has 0 bridgehead atoms. The van der Waals surface area contributed by atoms with Crippen LogP contribution in [0.25, 0.3) is 0 Å². The van der Waals surface area contributed by atoms with Crippen LogP contribution in [-0.2, 0) is 4.79 Å². The van der Waals surface area contributed by atoms with Crippen LogP contribution in [0.3, 0.4) is 0 Å². The van der Waals surface area contributed by atoms with Crippen LogP contribution in [0.5, 0.6) is 0 Å². The number of hydrogen-bond donors (Lipinski definition) is 2. The molecule has 0 aromatic carbocycles. The minimum atomic E-state index is 0.0389. The van der Waals surface area contributed by atoms with Gasteiger partial charge in [-0.05, 0) is 0 Å². The lowest BCUT2D eigenvalue weighted by atomic mass is 10.2. The third kappa shape index (κ3) is 2.69. The second-order valence-electron chi connectivity index (χ2n) is 4.65. The average molecular weight is 249 g/mol. The summed E-state index contributed by atoms with van der Waals surface area (Å²) in [5.74, 6) is 2.69. The van der Waals surface area contributed by atoms with Gasteiger partial charge < -0.3 is 15.5 Å². The van der Waals surface area contributed by atoms with Gasteiger partial charge in [0.1, 0.15) is 17.5 Å². The Bertz CT molecular complexity index is 446. The van der Waals surface area contributed by atoms with E-state index in [1.807, 2.05) is 18.0 Å². The fraction of sp³-hybridized carbons (Fsp3) is 0.583. The zero-order valence-corrected chi connectivity index (χ0v) is 11.0. The maximum Gasteiger partial charge on any atom is 0.239 e. The molecule has 0 radical (unpaired) electrons. The molecule has 1 fully saturated rings. The molecular weight excluding hydrogens is 230 g/mol. The van der Waals surface area contributed by atoms with E-state index in [1.54, 1.807) is 0 Å². The van der Waals surface area contributed by atoms with Gasteiger partial charge in [-0.2, -0.15) is 0 Å². The summed E-state index contributed by atoms with van der Waals surface area (Å²) in [5.41, 5.74) is 0. The maximum absolute atomic E-state index is 11.4. The van der Waals surface area contributed by atoms with Crippen molar-refractivity contribution in [1.29, 1.82) is 0 Å². The van der Waals surface area contributed by atoms with Gasteiger partial charge in [0.15, 0.2) is 0 Å². The van der Waals surface area contributed by atoms with Gasteiger partial charge in [-0.15, -0.1) is 0 Å². The molecule has 1 amide bonds. The van der Waals surface area contributed by atoms with E-state index in [1.165, 1.54) is 0 Å². The van der Waals surface area contributed by atoms with Crippen molar-refractivity contribution >= 4 is 17.5 Å². The molecule has 1 aromatic rings. The first kappa shape index (κ1) is 12.6. The Morgan fingerprint density at radius 3 is 2.83 bits per heavy atom. The number of hydrogen-bond acceptors (Lipinski definition) is 5. The molecule has 2 rings (SSSR count). The number of rotatable bonds is 3. The Hall–Kier alpha value is -1.85. The van der Waals surface area contributed by atoms with Gasteiger partial charge in [-0.25, -0.2) is 9.97 Å². The van der Waals surface area contributed by atoms with Crippen molar-refractivity contribution in [2.45, 2.75) is 19.8 Å². The molecule has 98 valence electrons. The minimum Gasteiger partial charge on any atom is -0.373 e. The molecule has 1 aliphatic heterocycles. The maximum atomic E-state index is 11.4. The van der Waals surface area contributed by atoms with E-state index < -0.39 is 0 Å². The second-order valence-corrected chi connectivity index (χ2v) is 4.65. The number of nitrogens with zero attached hydrogens (tertiary/aromatic N) is 3. The second kappa shape index (κ2) is 5.20. The lowest BCUT2D eigenvalue weighted by Gasteiger charge is -2.28. The molecule has 18 heavy (non-hydrogen) atoms. The van der Waals surface area contributed by atoms with Crippen LogP contribution in [0.4, 0.5) is 11.6 Å². The fourth-order valence-corrected chi connectivity index (χ4v) is 1.84. The van der Waals surface area contributed by atoms with E-state index in [9.17, 15) is 4.79 Å². The summed E-state index contributed by atoms with van der Waals surface area (Å²) in [4.78, 5) is 22.3. The summed E-state index contributed by atoms with van der Waals surface area (Å²) in [6.45, 7) is 5.92. The molecule has 1 aromatic heterocycles. The van der Waals surface area contributed by atoms with Gasteiger partial charge in [-0.3, -0.25) is 4.79 Å². The van der Waals surface area contributed by atoms with E-state index in [0.717, 1.165) is 24.0 Å². The molecule has 6 nitrogen and oxygen atoms in total. The lowest BCUT2D eigenvalue weighted by molar-refractivity contribution is -0.120. The Kier molecular flexibility index (Phi) is 3.64. The van der Waals surface area contributed by atoms with Gasteiger partial charge in [0, 0.05) is 32.1 Å². The fourth-order valence-electron chi connectivity index (χ4n) is 1.84. The van der Waals surface area contributed by atoms with Crippen molar-refractivity contribution in [1.82, 2.24) is 15.3 Å². The van der Waals surface area contributed by atoms with Crippen LogP contribution in [0.15, 0.2) is 6.07 Å². The van der Waals surface area contributed by atoms with E-state index >= 15 is 0 Å². The molecule has 0 unspecified atom stereocenters. The van der Waals surface area contributed by atoms with E-state index in [2.05, 4.69) is 34.4 Å². The van der Waals surface area contributed by atoms with E-state index in [0.29, 0.717) is 13.1 Å². The van der Waals surface area contributed by atoms with E-state index in [4.69, 9.17) is 0 Å². The number of nitrogens with one attached hydrogen (secondary N) is 2. The van der Waals surface area contributed by atoms with Gasteiger partial charge in [0.25, 0.3) is 0 Å². The first-order valence-electron chi connectivity index (χ1n) is 6.18. The van der Waals surface area contributed by atoms with Crippen LogP contribution in [0.2, 0.25) is 0 Å². The summed E-state index contributed by atoms with van der Waals surface area (Å²) in [5, 5.41) is 5.84. The number of piperazine rings is 1. The molecule has 0 saturated carbocycles. The van der Waals surface area contributed by atoms with Crippen LogP contribution in [0.1, 0.15) is 25.6 Å². The molecule has 6 heteroatoms. The highest BCUT2D eigenvalue weighted by Gasteiger charge is 2.19. The Morgan fingerprint density at radius 1 is 1.44 bits per heavy atom. The number of amides is 1. The molecule has 0 aliphatic carbocycles. The van der Waals surface area contributed by atoms with Crippen molar-refractivity contribution in [3.63, 3.8) is 0 Å². The summed E-state index contributed by atoms with van der Waals surface area (Å²) in [6.07, 6.45) is 0. The highest BCUT2D eigenvalue weighted by molar-refractivity contribution is 5.82. The quantitative estimate of drug-likeness (QED) is 0.820. The summed E-state index contributed by atoms with van der Waals surface area (Å²) in [6, 6.07) is 1.88. The molecule has 0 spiro atoms. The predicted molar refractivity (Wildman–Crippen MR) is 70.9 cm³/mol. The summed E-state index contributed by atoms with van der Waals surface area (Å²) >= 11 is 0.